The maximum atomic E-state index is 13.1. The van der Waals surface area contributed by atoms with Gasteiger partial charge >= 0.3 is 0 Å². The van der Waals surface area contributed by atoms with Gasteiger partial charge in [-0.3, -0.25) is 9.10 Å². The minimum Gasteiger partial charge on any atom is -0.322 e. The van der Waals surface area contributed by atoms with Crippen molar-refractivity contribution in [3.05, 3.63) is 94.0 Å². The monoisotopic (exact) mass is 470 g/mol. The molecule has 32 heavy (non-hydrogen) atoms. The molecule has 0 spiro atoms. The van der Waals surface area contributed by atoms with Gasteiger partial charge in [0.15, 0.2) is 0 Å². The lowest BCUT2D eigenvalue weighted by molar-refractivity contribution is 0.102. The Kier molecular flexibility index (Phi) is 7.26. The number of anilines is 2. The molecule has 3 rings (SSSR count). The number of rotatable bonds is 7. The van der Waals surface area contributed by atoms with Crippen LogP contribution < -0.4 is 9.62 Å². The molecular formula is C25H27ClN2O3S. The molecule has 0 saturated carbocycles. The molecule has 0 saturated heterocycles. The number of sulfonamides is 1. The predicted octanol–water partition coefficient (Wildman–Crippen LogP) is 5.95. The third-order valence-corrected chi connectivity index (χ3v) is 7.72. The highest BCUT2D eigenvalue weighted by Crippen LogP contribution is 2.26. The van der Waals surface area contributed by atoms with Crippen LogP contribution in [0.25, 0.3) is 0 Å². The van der Waals surface area contributed by atoms with E-state index in [9.17, 15) is 13.2 Å². The van der Waals surface area contributed by atoms with E-state index in [-0.39, 0.29) is 12.5 Å². The fraction of sp³-hybridized carbons (Fsp3) is 0.240. The van der Waals surface area contributed by atoms with Crippen molar-refractivity contribution in [2.75, 3.05) is 9.62 Å². The molecule has 168 valence electrons. The van der Waals surface area contributed by atoms with Crippen molar-refractivity contribution in [3.63, 3.8) is 0 Å². The summed E-state index contributed by atoms with van der Waals surface area (Å²) in [7, 11) is -3.54. The second-order valence-corrected chi connectivity index (χ2v) is 10.9. The number of hydrogen-bond donors (Lipinski definition) is 1. The van der Waals surface area contributed by atoms with Crippen LogP contribution in [0.15, 0.2) is 66.7 Å². The Morgan fingerprint density at radius 3 is 2.12 bits per heavy atom. The molecule has 0 fully saturated rings. The van der Waals surface area contributed by atoms with Crippen molar-refractivity contribution in [2.24, 2.45) is 0 Å². The highest BCUT2D eigenvalue weighted by atomic mass is 35.5. The first-order valence-electron chi connectivity index (χ1n) is 10.3. The fourth-order valence-corrected chi connectivity index (χ4v) is 4.50. The first-order chi connectivity index (χ1) is 15.1. The second kappa shape index (κ2) is 9.76. The molecule has 0 aliphatic heterocycles. The third-order valence-electron chi connectivity index (χ3n) is 5.33. The molecule has 3 aromatic rings. The molecule has 5 nitrogen and oxygen atoms in total. The second-order valence-electron chi connectivity index (χ2n) is 8.03. The summed E-state index contributed by atoms with van der Waals surface area (Å²) in [6.45, 7) is 7.53. The Hall–Kier alpha value is -2.83. The van der Waals surface area contributed by atoms with Crippen LogP contribution in [0.4, 0.5) is 11.4 Å². The van der Waals surface area contributed by atoms with E-state index < -0.39 is 15.3 Å². The van der Waals surface area contributed by atoms with E-state index in [0.717, 1.165) is 16.7 Å². The number of halogens is 1. The van der Waals surface area contributed by atoms with E-state index in [2.05, 4.69) is 5.32 Å². The van der Waals surface area contributed by atoms with Crippen LogP contribution >= 0.6 is 11.6 Å². The van der Waals surface area contributed by atoms with Crippen molar-refractivity contribution in [1.29, 1.82) is 0 Å². The highest BCUT2D eigenvalue weighted by Gasteiger charge is 2.26. The van der Waals surface area contributed by atoms with Crippen LogP contribution in [-0.4, -0.2) is 19.6 Å². The molecule has 1 amide bonds. The van der Waals surface area contributed by atoms with E-state index in [4.69, 9.17) is 11.6 Å². The summed E-state index contributed by atoms with van der Waals surface area (Å²) < 4.78 is 27.6. The molecule has 0 aliphatic rings. The van der Waals surface area contributed by atoms with Crippen LogP contribution in [0.2, 0.25) is 5.02 Å². The number of amides is 1. The van der Waals surface area contributed by atoms with Crippen molar-refractivity contribution in [3.8, 4) is 0 Å². The molecule has 0 bridgehead atoms. The fourth-order valence-electron chi connectivity index (χ4n) is 3.13. The number of nitrogens with one attached hydrogen (secondary N) is 1. The zero-order valence-corrected chi connectivity index (χ0v) is 20.2. The van der Waals surface area contributed by atoms with Gasteiger partial charge in [-0.05, 0) is 92.9 Å². The summed E-state index contributed by atoms with van der Waals surface area (Å²) in [6.07, 6.45) is 0. The number of benzene rings is 3. The summed E-state index contributed by atoms with van der Waals surface area (Å²) in [5.74, 6) is -0.242. The van der Waals surface area contributed by atoms with E-state index in [1.54, 1.807) is 50.2 Å². The molecule has 7 heteroatoms. The van der Waals surface area contributed by atoms with Crippen molar-refractivity contribution < 1.29 is 13.2 Å². The first-order valence-corrected chi connectivity index (χ1v) is 12.2. The van der Waals surface area contributed by atoms with Gasteiger partial charge in [-0.1, -0.05) is 29.8 Å². The van der Waals surface area contributed by atoms with Crippen LogP contribution in [0.3, 0.4) is 0 Å². The maximum Gasteiger partial charge on any atom is 0.255 e. The van der Waals surface area contributed by atoms with Gasteiger partial charge in [-0.15, -0.1) is 0 Å². The zero-order valence-electron chi connectivity index (χ0n) is 18.6. The quantitative estimate of drug-likeness (QED) is 0.463. The summed E-state index contributed by atoms with van der Waals surface area (Å²) >= 11 is 5.87. The SMILES string of the molecule is Cc1ccc(N(Cc2ccc(NC(=O)c3ccc(Cl)cc3)cc2)S(=O)(=O)C(C)C)cc1C. The summed E-state index contributed by atoms with van der Waals surface area (Å²) in [5, 5.41) is 2.85. The Labute approximate surface area is 195 Å². The van der Waals surface area contributed by atoms with E-state index in [1.807, 2.05) is 44.2 Å². The number of carbonyl (C=O) groups excluding carboxylic acids is 1. The number of nitrogens with zero attached hydrogens (tertiary/aromatic N) is 1. The minimum atomic E-state index is -3.54. The molecule has 3 aromatic carbocycles. The molecule has 0 aliphatic carbocycles. The Balaban J connectivity index is 1.81. The number of hydrogen-bond acceptors (Lipinski definition) is 3. The lowest BCUT2D eigenvalue weighted by Crippen LogP contribution is -2.36. The molecule has 0 aromatic heterocycles. The summed E-state index contributed by atoms with van der Waals surface area (Å²) in [5.41, 5.74) is 4.72. The molecule has 0 radical (unpaired) electrons. The van der Waals surface area contributed by atoms with Gasteiger partial charge < -0.3 is 5.32 Å². The summed E-state index contributed by atoms with van der Waals surface area (Å²) in [6, 6.07) is 19.5. The van der Waals surface area contributed by atoms with Crippen LogP contribution in [0.1, 0.15) is 40.9 Å². The zero-order chi connectivity index (χ0) is 23.5. The normalized spacial score (nSPS) is 11.4. The van der Waals surface area contributed by atoms with Gasteiger partial charge in [-0.25, -0.2) is 8.42 Å². The predicted molar refractivity (Wildman–Crippen MR) is 132 cm³/mol. The van der Waals surface area contributed by atoms with Gasteiger partial charge in [-0.2, -0.15) is 0 Å². The summed E-state index contributed by atoms with van der Waals surface area (Å²) in [4.78, 5) is 12.4. The molecule has 0 unspecified atom stereocenters. The van der Waals surface area contributed by atoms with Gasteiger partial charge in [0, 0.05) is 16.3 Å². The van der Waals surface area contributed by atoms with E-state index >= 15 is 0 Å². The maximum absolute atomic E-state index is 13.1. The standard InChI is InChI=1S/C25H27ClN2O3S/c1-17(2)32(30,31)28(24-14-5-18(3)19(4)15-24)16-20-6-12-23(13-7-20)27-25(29)21-8-10-22(26)11-9-21/h5-15,17H,16H2,1-4H3,(H,27,29). The van der Waals surface area contributed by atoms with Crippen molar-refractivity contribution in [1.82, 2.24) is 0 Å². The van der Waals surface area contributed by atoms with Crippen LogP contribution in [0, 0.1) is 13.8 Å². The average Bonchev–Trinajstić information content (AvgIpc) is 2.75. The Bertz CT molecular complexity index is 1200. The van der Waals surface area contributed by atoms with Crippen LogP contribution in [0.5, 0.6) is 0 Å². The lowest BCUT2D eigenvalue weighted by atomic mass is 10.1. The minimum absolute atomic E-state index is 0.203. The van der Waals surface area contributed by atoms with Crippen molar-refractivity contribution in [2.45, 2.75) is 39.5 Å². The van der Waals surface area contributed by atoms with Gasteiger partial charge in [0.05, 0.1) is 17.5 Å². The number of carbonyl (C=O) groups is 1. The van der Waals surface area contributed by atoms with E-state index in [1.165, 1.54) is 4.31 Å². The highest BCUT2D eigenvalue weighted by molar-refractivity contribution is 7.93. The van der Waals surface area contributed by atoms with Gasteiger partial charge in [0.1, 0.15) is 0 Å². The number of aryl methyl sites for hydroxylation is 2. The van der Waals surface area contributed by atoms with Gasteiger partial charge in [0.2, 0.25) is 10.0 Å². The first kappa shape index (κ1) is 23.8. The van der Waals surface area contributed by atoms with E-state index in [0.29, 0.717) is 22.0 Å². The average molecular weight is 471 g/mol. The molecule has 0 atom stereocenters. The Morgan fingerprint density at radius 2 is 1.56 bits per heavy atom. The Morgan fingerprint density at radius 1 is 0.938 bits per heavy atom. The molecular weight excluding hydrogens is 444 g/mol. The smallest absolute Gasteiger partial charge is 0.255 e. The molecule has 1 N–H and O–H groups in total. The van der Waals surface area contributed by atoms with Crippen molar-refractivity contribution >= 4 is 38.9 Å². The third kappa shape index (κ3) is 5.50. The lowest BCUT2D eigenvalue weighted by Gasteiger charge is -2.27. The topological polar surface area (TPSA) is 66.5 Å². The van der Waals surface area contributed by atoms with Gasteiger partial charge in [0.25, 0.3) is 5.91 Å². The van der Waals surface area contributed by atoms with Crippen LogP contribution in [-0.2, 0) is 16.6 Å². The molecule has 0 heterocycles. The largest absolute Gasteiger partial charge is 0.322 e.